The highest BCUT2D eigenvalue weighted by Gasteiger charge is 2.17. The molecule has 146 valence electrons. The highest BCUT2D eigenvalue weighted by Crippen LogP contribution is 2.28. The monoisotopic (exact) mass is 434 g/mol. The van der Waals surface area contributed by atoms with Crippen molar-refractivity contribution >= 4 is 40.4 Å². The minimum Gasteiger partial charge on any atom is -0.465 e. The van der Waals surface area contributed by atoms with E-state index in [-0.39, 0.29) is 23.7 Å². The van der Waals surface area contributed by atoms with E-state index >= 15 is 0 Å². The summed E-state index contributed by atoms with van der Waals surface area (Å²) in [6, 6.07) is 7.28. The van der Waals surface area contributed by atoms with Crippen LogP contribution >= 0.6 is 23.2 Å². The van der Waals surface area contributed by atoms with E-state index in [2.05, 4.69) is 9.72 Å². The normalized spacial score (nSPS) is 13.4. The number of halogens is 3. The number of esters is 1. The molecule has 1 heterocycles. The first-order valence-electron chi connectivity index (χ1n) is 7.80. The van der Waals surface area contributed by atoms with Crippen LogP contribution in [0.4, 0.5) is 4.39 Å². The molecule has 1 aromatic heterocycles. The van der Waals surface area contributed by atoms with Crippen LogP contribution in [0.25, 0.3) is 0 Å². The molecule has 0 bridgehead atoms. The van der Waals surface area contributed by atoms with E-state index in [1.54, 1.807) is 6.07 Å². The molecule has 0 saturated heterocycles. The number of benzene rings is 1. The largest absolute Gasteiger partial charge is 0.465 e. The second kappa shape index (κ2) is 10.1. The van der Waals surface area contributed by atoms with Crippen molar-refractivity contribution in [3.05, 3.63) is 64.2 Å². The smallest absolute Gasteiger partial charge is 0.339 e. The molecule has 1 N–H and O–H groups in total. The van der Waals surface area contributed by atoms with Gasteiger partial charge < -0.3 is 4.74 Å². The van der Waals surface area contributed by atoms with Gasteiger partial charge >= 0.3 is 5.97 Å². The van der Waals surface area contributed by atoms with Crippen LogP contribution in [0.3, 0.4) is 0 Å². The predicted molar refractivity (Wildman–Crippen MR) is 101 cm³/mol. The third kappa shape index (κ3) is 6.22. The molecule has 6 nitrogen and oxygen atoms in total. The first-order chi connectivity index (χ1) is 12.8. The van der Waals surface area contributed by atoms with Crippen molar-refractivity contribution in [3.63, 3.8) is 0 Å². The summed E-state index contributed by atoms with van der Waals surface area (Å²) >= 11 is 9.81. The van der Waals surface area contributed by atoms with Gasteiger partial charge in [0.05, 0.1) is 35.3 Å². The molecule has 0 radical (unpaired) electrons. The second-order valence-electron chi connectivity index (χ2n) is 5.55. The molecular weight excluding hydrogens is 418 g/mol. The zero-order valence-electron chi connectivity index (χ0n) is 14.3. The molecule has 2 rings (SSSR count). The van der Waals surface area contributed by atoms with Crippen LogP contribution in [0.5, 0.6) is 0 Å². The summed E-state index contributed by atoms with van der Waals surface area (Å²) in [5.41, 5.74) is 1.40. The third-order valence-electron chi connectivity index (χ3n) is 3.74. The number of nitrogens with zero attached hydrogens (tertiary/aromatic N) is 2. The fourth-order valence-electron chi connectivity index (χ4n) is 2.28. The Kier molecular flexibility index (Phi) is 8.12. The van der Waals surface area contributed by atoms with Crippen LogP contribution in [-0.2, 0) is 22.5 Å². The summed E-state index contributed by atoms with van der Waals surface area (Å²) in [5, 5.41) is -0.542. The highest BCUT2D eigenvalue weighted by atomic mass is 35.5. The van der Waals surface area contributed by atoms with Crippen molar-refractivity contribution in [2.45, 2.75) is 18.3 Å². The number of pyridine rings is 1. The summed E-state index contributed by atoms with van der Waals surface area (Å²) in [6.07, 6.45) is 1.67. The number of hydrogen-bond donors (Lipinski definition) is 1. The predicted octanol–water partition coefficient (Wildman–Crippen LogP) is 3.97. The number of aromatic nitrogens is 1. The summed E-state index contributed by atoms with van der Waals surface area (Å²) < 4.78 is 40.2. The Morgan fingerprint density at radius 3 is 2.70 bits per heavy atom. The summed E-state index contributed by atoms with van der Waals surface area (Å²) in [4.78, 5) is 15.5. The molecule has 0 aliphatic heterocycles. The van der Waals surface area contributed by atoms with Gasteiger partial charge in [-0.3, -0.25) is 9.54 Å². The SMILES string of the molecule is COC(=O)c1ccc(CN(CCC(Cl)c2ccc(F)c(Cl)c2)S(=O)O)nc1. The van der Waals surface area contributed by atoms with E-state index < -0.39 is 28.4 Å². The molecule has 0 saturated carbocycles. The summed E-state index contributed by atoms with van der Waals surface area (Å²) in [7, 11) is 1.27. The van der Waals surface area contributed by atoms with Crippen molar-refractivity contribution in [3.8, 4) is 0 Å². The Labute approximate surface area is 168 Å². The van der Waals surface area contributed by atoms with Crippen LogP contribution in [0.2, 0.25) is 5.02 Å². The van der Waals surface area contributed by atoms with Crippen LogP contribution < -0.4 is 0 Å². The number of ether oxygens (including phenoxy) is 1. The van der Waals surface area contributed by atoms with Crippen LogP contribution in [0.1, 0.15) is 33.4 Å². The Balaban J connectivity index is 1.99. The van der Waals surface area contributed by atoms with Gasteiger partial charge in [0, 0.05) is 12.7 Å². The van der Waals surface area contributed by atoms with Gasteiger partial charge in [0.1, 0.15) is 5.82 Å². The van der Waals surface area contributed by atoms with E-state index in [0.717, 1.165) is 0 Å². The van der Waals surface area contributed by atoms with Crippen molar-refractivity contribution in [1.82, 2.24) is 9.29 Å². The maximum atomic E-state index is 13.2. The lowest BCUT2D eigenvalue weighted by atomic mass is 10.1. The average Bonchev–Trinajstić information content (AvgIpc) is 2.66. The number of carbonyl (C=O) groups is 1. The second-order valence-corrected chi connectivity index (χ2v) is 7.47. The van der Waals surface area contributed by atoms with Crippen molar-refractivity contribution in [2.24, 2.45) is 0 Å². The number of rotatable bonds is 8. The Morgan fingerprint density at radius 1 is 1.41 bits per heavy atom. The van der Waals surface area contributed by atoms with Gasteiger partial charge in [0.15, 0.2) is 0 Å². The van der Waals surface area contributed by atoms with E-state index in [4.69, 9.17) is 23.2 Å². The summed E-state index contributed by atoms with van der Waals surface area (Å²) in [5.74, 6) is -1.05. The quantitative estimate of drug-likeness (QED) is 0.386. The molecule has 0 spiro atoms. The van der Waals surface area contributed by atoms with Gasteiger partial charge in [0.2, 0.25) is 11.3 Å². The fourth-order valence-corrected chi connectivity index (χ4v) is 3.21. The van der Waals surface area contributed by atoms with Gasteiger partial charge in [-0.1, -0.05) is 17.7 Å². The van der Waals surface area contributed by atoms with Gasteiger partial charge in [-0.05, 0) is 36.2 Å². The number of hydrogen-bond acceptors (Lipinski definition) is 4. The lowest BCUT2D eigenvalue weighted by molar-refractivity contribution is 0.0600. The van der Waals surface area contributed by atoms with Gasteiger partial charge in [-0.25, -0.2) is 13.4 Å². The molecule has 0 fully saturated rings. The van der Waals surface area contributed by atoms with Gasteiger partial charge in [-0.15, -0.1) is 11.6 Å². The molecule has 2 aromatic rings. The van der Waals surface area contributed by atoms with Crippen LogP contribution in [-0.4, -0.2) is 37.7 Å². The van der Waals surface area contributed by atoms with Gasteiger partial charge in [-0.2, -0.15) is 4.31 Å². The zero-order chi connectivity index (χ0) is 20.0. The van der Waals surface area contributed by atoms with Gasteiger partial charge in [0.25, 0.3) is 0 Å². The molecule has 0 aliphatic carbocycles. The molecule has 2 atom stereocenters. The Morgan fingerprint density at radius 2 is 2.15 bits per heavy atom. The van der Waals surface area contributed by atoms with E-state index in [1.807, 2.05) is 0 Å². The minimum atomic E-state index is -2.24. The van der Waals surface area contributed by atoms with Crippen LogP contribution in [0.15, 0.2) is 36.5 Å². The van der Waals surface area contributed by atoms with E-state index in [0.29, 0.717) is 17.7 Å². The first kappa shape index (κ1) is 21.7. The number of methoxy groups -OCH3 is 1. The topological polar surface area (TPSA) is 79.7 Å². The standard InChI is InChI=1S/C17H17Cl2FN2O4S/c1-26-17(23)12-2-4-13(21-9-12)10-22(27(24)25)7-6-14(18)11-3-5-16(20)15(19)8-11/h2-5,8-9,14H,6-7,10H2,1H3,(H,24,25). The molecular formula is C17H17Cl2FN2O4S. The lowest BCUT2D eigenvalue weighted by Gasteiger charge is -2.19. The Hall–Kier alpha value is -1.58. The zero-order valence-corrected chi connectivity index (χ0v) is 16.6. The minimum absolute atomic E-state index is 0.0318. The van der Waals surface area contributed by atoms with E-state index in [9.17, 15) is 17.9 Å². The van der Waals surface area contributed by atoms with E-state index in [1.165, 1.54) is 41.9 Å². The third-order valence-corrected chi connectivity index (χ3v) is 5.26. The van der Waals surface area contributed by atoms with Crippen LogP contribution in [0, 0.1) is 5.82 Å². The first-order valence-corrected chi connectivity index (χ1v) is 9.67. The molecule has 27 heavy (non-hydrogen) atoms. The lowest BCUT2D eigenvalue weighted by Crippen LogP contribution is -2.27. The average molecular weight is 435 g/mol. The van der Waals surface area contributed by atoms with Crippen molar-refractivity contribution in [1.29, 1.82) is 0 Å². The fraction of sp³-hybridized carbons (Fsp3) is 0.294. The molecule has 10 heteroatoms. The molecule has 0 amide bonds. The highest BCUT2D eigenvalue weighted by molar-refractivity contribution is 7.76. The molecule has 0 aliphatic rings. The van der Waals surface area contributed by atoms with Crippen molar-refractivity contribution < 1.29 is 22.7 Å². The van der Waals surface area contributed by atoms with Crippen molar-refractivity contribution in [2.75, 3.05) is 13.7 Å². The summed E-state index contributed by atoms with van der Waals surface area (Å²) in [6.45, 7) is 0.269. The maximum absolute atomic E-state index is 13.2. The Bertz CT molecular complexity index is 823. The molecule has 1 aromatic carbocycles. The molecule has 2 unspecified atom stereocenters. The maximum Gasteiger partial charge on any atom is 0.339 e. The number of alkyl halides is 1. The number of carbonyl (C=O) groups excluding carboxylic acids is 1.